The number of rotatable bonds is 5. The quantitative estimate of drug-likeness (QED) is 0.896. The summed E-state index contributed by atoms with van der Waals surface area (Å²) in [5, 5.41) is 11.4. The molecule has 0 fully saturated rings. The van der Waals surface area contributed by atoms with Crippen LogP contribution < -0.4 is 5.32 Å². The van der Waals surface area contributed by atoms with Gasteiger partial charge in [-0.25, -0.2) is 4.68 Å². The van der Waals surface area contributed by atoms with E-state index in [1.54, 1.807) is 0 Å². The van der Waals surface area contributed by atoms with Crippen molar-refractivity contribution in [2.75, 3.05) is 7.05 Å². The lowest BCUT2D eigenvalue weighted by molar-refractivity contribution is 0.343. The molecule has 0 amide bonds. The number of hydrogen-bond donors (Lipinski definition) is 1. The van der Waals surface area contributed by atoms with E-state index in [-0.39, 0.29) is 0 Å². The molecule has 1 aromatic rings. The molecule has 0 aliphatic carbocycles. The Morgan fingerprint density at radius 1 is 1.40 bits per heavy atom. The molecule has 0 saturated heterocycles. The molecule has 86 valence electrons. The van der Waals surface area contributed by atoms with Gasteiger partial charge in [0.15, 0.2) is 4.60 Å². The molecule has 4 nitrogen and oxygen atoms in total. The maximum Gasteiger partial charge on any atom is 0.153 e. The minimum atomic E-state index is 0.314. The SMILES string of the molecule is CCC(CC)C(NC)c1c(Br)nnn1C. The van der Waals surface area contributed by atoms with Gasteiger partial charge in [-0.2, -0.15) is 0 Å². The molecule has 1 heterocycles. The van der Waals surface area contributed by atoms with Crippen molar-refractivity contribution in [3.63, 3.8) is 0 Å². The van der Waals surface area contributed by atoms with E-state index in [4.69, 9.17) is 0 Å². The zero-order chi connectivity index (χ0) is 11.4. The molecule has 1 N–H and O–H groups in total. The molecule has 0 aromatic carbocycles. The van der Waals surface area contributed by atoms with E-state index < -0.39 is 0 Å². The van der Waals surface area contributed by atoms with E-state index in [0.29, 0.717) is 12.0 Å². The van der Waals surface area contributed by atoms with Crippen LogP contribution in [0.1, 0.15) is 38.4 Å². The summed E-state index contributed by atoms with van der Waals surface area (Å²) in [6.07, 6.45) is 2.30. The average Bonchev–Trinajstić information content (AvgIpc) is 2.56. The molecule has 0 spiro atoms. The summed E-state index contributed by atoms with van der Waals surface area (Å²) >= 11 is 3.45. The predicted molar refractivity (Wildman–Crippen MR) is 64.6 cm³/mol. The van der Waals surface area contributed by atoms with Gasteiger partial charge < -0.3 is 5.32 Å². The van der Waals surface area contributed by atoms with Gasteiger partial charge in [-0.05, 0) is 28.9 Å². The summed E-state index contributed by atoms with van der Waals surface area (Å²) in [4.78, 5) is 0. The summed E-state index contributed by atoms with van der Waals surface area (Å²) in [6, 6.07) is 0.314. The number of nitrogens with zero attached hydrogens (tertiary/aromatic N) is 3. The van der Waals surface area contributed by atoms with Gasteiger partial charge in [0.25, 0.3) is 0 Å². The fourth-order valence-electron chi connectivity index (χ4n) is 2.02. The van der Waals surface area contributed by atoms with Gasteiger partial charge in [-0.15, -0.1) is 5.10 Å². The number of hydrogen-bond acceptors (Lipinski definition) is 3. The fraction of sp³-hybridized carbons (Fsp3) is 0.800. The lowest BCUT2D eigenvalue weighted by atomic mass is 9.92. The van der Waals surface area contributed by atoms with Gasteiger partial charge in [-0.1, -0.05) is 31.9 Å². The van der Waals surface area contributed by atoms with Gasteiger partial charge in [0.1, 0.15) is 0 Å². The second-order valence-electron chi connectivity index (χ2n) is 3.73. The van der Waals surface area contributed by atoms with E-state index >= 15 is 0 Å². The lowest BCUT2D eigenvalue weighted by Crippen LogP contribution is -2.27. The van der Waals surface area contributed by atoms with Crippen LogP contribution in [0.2, 0.25) is 0 Å². The monoisotopic (exact) mass is 274 g/mol. The summed E-state index contributed by atoms with van der Waals surface area (Å²) in [6.45, 7) is 4.44. The minimum Gasteiger partial charge on any atom is -0.311 e. The third-order valence-electron chi connectivity index (χ3n) is 2.95. The normalized spacial score (nSPS) is 13.5. The molecule has 1 aromatic heterocycles. The van der Waals surface area contributed by atoms with Gasteiger partial charge in [0.05, 0.1) is 11.7 Å². The highest BCUT2D eigenvalue weighted by Crippen LogP contribution is 2.30. The van der Waals surface area contributed by atoms with Crippen molar-refractivity contribution in [1.29, 1.82) is 0 Å². The Bertz CT molecular complexity index is 287. The zero-order valence-corrected chi connectivity index (χ0v) is 11.4. The molecular weight excluding hydrogens is 256 g/mol. The van der Waals surface area contributed by atoms with E-state index in [0.717, 1.165) is 23.1 Å². The van der Waals surface area contributed by atoms with Crippen molar-refractivity contribution in [2.24, 2.45) is 13.0 Å². The van der Waals surface area contributed by atoms with Crippen LogP contribution in [0.25, 0.3) is 0 Å². The highest BCUT2D eigenvalue weighted by Gasteiger charge is 2.24. The Hall–Kier alpha value is -0.420. The smallest absolute Gasteiger partial charge is 0.153 e. The second-order valence-corrected chi connectivity index (χ2v) is 4.48. The van der Waals surface area contributed by atoms with Crippen molar-refractivity contribution >= 4 is 15.9 Å². The molecule has 0 saturated carbocycles. The summed E-state index contributed by atoms with van der Waals surface area (Å²) in [5.41, 5.74) is 1.13. The molecule has 1 atom stereocenters. The number of aryl methyl sites for hydroxylation is 1. The largest absolute Gasteiger partial charge is 0.311 e. The van der Waals surface area contributed by atoms with Crippen LogP contribution in [-0.4, -0.2) is 22.0 Å². The molecule has 15 heavy (non-hydrogen) atoms. The van der Waals surface area contributed by atoms with Crippen LogP contribution in [-0.2, 0) is 7.05 Å². The lowest BCUT2D eigenvalue weighted by Gasteiger charge is -2.24. The summed E-state index contributed by atoms with van der Waals surface area (Å²) < 4.78 is 2.68. The first-order chi connectivity index (χ1) is 7.15. The van der Waals surface area contributed by atoms with Crippen molar-refractivity contribution < 1.29 is 0 Å². The molecule has 0 bridgehead atoms. The first-order valence-electron chi connectivity index (χ1n) is 5.37. The van der Waals surface area contributed by atoms with Crippen LogP contribution in [0.5, 0.6) is 0 Å². The third kappa shape index (κ3) is 2.58. The minimum absolute atomic E-state index is 0.314. The van der Waals surface area contributed by atoms with Crippen LogP contribution in [0.4, 0.5) is 0 Å². The Morgan fingerprint density at radius 2 is 2.00 bits per heavy atom. The zero-order valence-electron chi connectivity index (χ0n) is 9.79. The Kier molecular flexibility index (Phi) is 4.73. The average molecular weight is 275 g/mol. The third-order valence-corrected chi connectivity index (χ3v) is 3.52. The molecule has 0 radical (unpaired) electrons. The van der Waals surface area contributed by atoms with Gasteiger partial charge in [0, 0.05) is 7.05 Å². The predicted octanol–water partition coefficient (Wildman–Crippen LogP) is 2.27. The van der Waals surface area contributed by atoms with Gasteiger partial charge >= 0.3 is 0 Å². The maximum absolute atomic E-state index is 4.03. The van der Waals surface area contributed by atoms with Crippen LogP contribution in [0.3, 0.4) is 0 Å². The molecule has 1 unspecified atom stereocenters. The molecule has 0 aliphatic rings. The number of halogens is 1. The standard InChI is InChI=1S/C10H19BrN4/c1-5-7(6-2)8(12-3)9-10(11)13-14-15(9)4/h7-8,12H,5-6H2,1-4H3. The Morgan fingerprint density at radius 3 is 2.33 bits per heavy atom. The van der Waals surface area contributed by atoms with E-state index in [9.17, 15) is 0 Å². The molecule has 0 aliphatic heterocycles. The molecule has 5 heteroatoms. The van der Waals surface area contributed by atoms with Crippen molar-refractivity contribution in [2.45, 2.75) is 32.7 Å². The first kappa shape index (κ1) is 12.6. The summed E-state index contributed by atoms with van der Waals surface area (Å²) in [7, 11) is 3.92. The van der Waals surface area contributed by atoms with Gasteiger partial charge in [0.2, 0.25) is 0 Å². The van der Waals surface area contributed by atoms with Crippen molar-refractivity contribution in [3.05, 3.63) is 10.3 Å². The number of aromatic nitrogens is 3. The summed E-state index contributed by atoms with van der Waals surface area (Å²) in [5.74, 6) is 0.614. The van der Waals surface area contributed by atoms with E-state index in [1.165, 1.54) is 0 Å². The molecular formula is C10H19BrN4. The van der Waals surface area contributed by atoms with Crippen molar-refractivity contribution in [3.8, 4) is 0 Å². The van der Waals surface area contributed by atoms with Crippen LogP contribution in [0, 0.1) is 5.92 Å². The number of nitrogens with one attached hydrogen (secondary N) is 1. The second kappa shape index (κ2) is 5.61. The Balaban J connectivity index is 3.01. The first-order valence-corrected chi connectivity index (χ1v) is 6.17. The van der Waals surface area contributed by atoms with Crippen LogP contribution in [0.15, 0.2) is 4.60 Å². The van der Waals surface area contributed by atoms with Crippen molar-refractivity contribution in [1.82, 2.24) is 20.3 Å². The molecule has 1 rings (SSSR count). The van der Waals surface area contributed by atoms with Crippen LogP contribution >= 0.6 is 15.9 Å². The fourth-order valence-corrected chi connectivity index (χ4v) is 2.60. The highest BCUT2D eigenvalue weighted by atomic mass is 79.9. The Labute approximate surface area is 99.6 Å². The van der Waals surface area contributed by atoms with Gasteiger partial charge in [-0.3, -0.25) is 0 Å². The topological polar surface area (TPSA) is 42.7 Å². The van der Waals surface area contributed by atoms with E-state index in [1.807, 2.05) is 18.8 Å². The van der Waals surface area contributed by atoms with E-state index in [2.05, 4.69) is 45.4 Å². The highest BCUT2D eigenvalue weighted by molar-refractivity contribution is 9.10. The maximum atomic E-state index is 4.03.